The van der Waals surface area contributed by atoms with Crippen LogP contribution < -0.4 is 10.6 Å². The summed E-state index contributed by atoms with van der Waals surface area (Å²) in [7, 11) is 0. The molecule has 0 aliphatic carbocycles. The van der Waals surface area contributed by atoms with E-state index >= 15 is 0 Å². The van der Waals surface area contributed by atoms with E-state index in [0.717, 1.165) is 30.5 Å². The average molecular weight is 389 g/mol. The first-order chi connectivity index (χ1) is 12.7. The zero-order chi connectivity index (χ0) is 19.8. The maximum absolute atomic E-state index is 12.9. The molecule has 2 amide bonds. The lowest BCUT2D eigenvalue weighted by Crippen LogP contribution is -2.41. The number of aromatic nitrogens is 2. The summed E-state index contributed by atoms with van der Waals surface area (Å²) in [6.45, 7) is 8.33. The molecule has 1 aromatic heterocycles. The molecule has 2 heterocycles. The molecule has 144 valence electrons. The third-order valence-corrected chi connectivity index (χ3v) is 4.70. The molecule has 1 aliphatic heterocycles. The number of halogens is 1. The van der Waals surface area contributed by atoms with Crippen LogP contribution in [0.3, 0.4) is 0 Å². The number of imidazole rings is 1. The standard InChI is InChI=1S/C20H25ClN4O2/c1-12-11-13(21)8-9-14(12)22-19(27)17-23-16(18(26)24-20(2,3)4)15-7-5-6-10-25(15)17/h8-9,11H,5-7,10H2,1-4H3,(H,22,27)(H,24,26). The van der Waals surface area contributed by atoms with Gasteiger partial charge in [0.2, 0.25) is 0 Å². The fourth-order valence-electron chi connectivity index (χ4n) is 3.24. The van der Waals surface area contributed by atoms with E-state index in [-0.39, 0.29) is 23.2 Å². The summed E-state index contributed by atoms with van der Waals surface area (Å²) in [5.74, 6) is -0.286. The first-order valence-corrected chi connectivity index (χ1v) is 9.53. The highest BCUT2D eigenvalue weighted by Gasteiger charge is 2.29. The molecule has 0 bridgehead atoms. The van der Waals surface area contributed by atoms with Gasteiger partial charge in [-0.25, -0.2) is 4.98 Å². The van der Waals surface area contributed by atoms with E-state index in [9.17, 15) is 9.59 Å². The summed E-state index contributed by atoms with van der Waals surface area (Å²) >= 11 is 5.98. The third kappa shape index (κ3) is 4.33. The SMILES string of the molecule is Cc1cc(Cl)ccc1NC(=O)c1nc(C(=O)NC(C)(C)C)c2n1CCCC2. The molecule has 7 heteroatoms. The summed E-state index contributed by atoms with van der Waals surface area (Å²) in [5.41, 5.74) is 2.36. The molecule has 27 heavy (non-hydrogen) atoms. The Bertz CT molecular complexity index is 896. The quantitative estimate of drug-likeness (QED) is 0.835. The van der Waals surface area contributed by atoms with Crippen molar-refractivity contribution in [1.82, 2.24) is 14.9 Å². The fourth-order valence-corrected chi connectivity index (χ4v) is 3.47. The van der Waals surface area contributed by atoms with E-state index in [4.69, 9.17) is 11.6 Å². The molecule has 0 atom stereocenters. The second kappa shape index (κ2) is 7.35. The normalized spacial score (nSPS) is 13.8. The van der Waals surface area contributed by atoms with Gasteiger partial charge in [-0.05, 0) is 70.7 Å². The van der Waals surface area contributed by atoms with Gasteiger partial charge >= 0.3 is 0 Å². The molecule has 3 rings (SSSR count). The molecular weight excluding hydrogens is 364 g/mol. The van der Waals surface area contributed by atoms with Crippen molar-refractivity contribution >= 4 is 29.1 Å². The number of nitrogens with one attached hydrogen (secondary N) is 2. The maximum atomic E-state index is 12.9. The minimum Gasteiger partial charge on any atom is -0.346 e. The number of amides is 2. The topological polar surface area (TPSA) is 76.0 Å². The van der Waals surface area contributed by atoms with Gasteiger partial charge in [0.15, 0.2) is 5.82 Å². The Hall–Kier alpha value is -2.34. The first-order valence-electron chi connectivity index (χ1n) is 9.15. The zero-order valence-electron chi connectivity index (χ0n) is 16.1. The summed E-state index contributed by atoms with van der Waals surface area (Å²) in [6, 6.07) is 5.29. The van der Waals surface area contributed by atoms with Gasteiger partial charge in [-0.15, -0.1) is 0 Å². The van der Waals surface area contributed by atoms with Crippen molar-refractivity contribution in [3.8, 4) is 0 Å². The summed E-state index contributed by atoms with van der Waals surface area (Å²) in [5, 5.41) is 6.45. The third-order valence-electron chi connectivity index (χ3n) is 4.46. The summed E-state index contributed by atoms with van der Waals surface area (Å²) < 4.78 is 1.88. The summed E-state index contributed by atoms with van der Waals surface area (Å²) in [4.78, 5) is 30.0. The van der Waals surface area contributed by atoms with E-state index in [1.54, 1.807) is 18.2 Å². The lowest BCUT2D eigenvalue weighted by Gasteiger charge is -2.21. The summed E-state index contributed by atoms with van der Waals surface area (Å²) in [6.07, 6.45) is 2.69. The fraction of sp³-hybridized carbons (Fsp3) is 0.450. The zero-order valence-corrected chi connectivity index (χ0v) is 16.9. The second-order valence-corrected chi connectivity index (χ2v) is 8.39. The lowest BCUT2D eigenvalue weighted by atomic mass is 10.1. The molecule has 0 spiro atoms. The van der Waals surface area contributed by atoms with E-state index in [0.29, 0.717) is 22.9 Å². The highest BCUT2D eigenvalue weighted by atomic mass is 35.5. The number of rotatable bonds is 3. The Balaban J connectivity index is 1.93. The predicted molar refractivity (Wildman–Crippen MR) is 107 cm³/mol. The molecule has 1 aliphatic rings. The monoisotopic (exact) mass is 388 g/mol. The minimum absolute atomic E-state index is 0.241. The molecule has 0 saturated heterocycles. The van der Waals surface area contributed by atoms with Gasteiger partial charge in [-0.1, -0.05) is 11.6 Å². The Labute approximate surface area is 164 Å². The van der Waals surface area contributed by atoms with Crippen molar-refractivity contribution in [3.05, 3.63) is 46.0 Å². The van der Waals surface area contributed by atoms with Crippen molar-refractivity contribution in [3.63, 3.8) is 0 Å². The molecule has 0 saturated carbocycles. The van der Waals surface area contributed by atoms with E-state index in [2.05, 4.69) is 15.6 Å². The number of fused-ring (bicyclic) bond motifs is 1. The van der Waals surface area contributed by atoms with Gasteiger partial charge in [0.1, 0.15) is 5.69 Å². The van der Waals surface area contributed by atoms with Crippen molar-refractivity contribution in [2.45, 2.75) is 59.0 Å². The molecule has 2 aromatic rings. The highest BCUT2D eigenvalue weighted by Crippen LogP contribution is 2.24. The van der Waals surface area contributed by atoms with Crippen LogP contribution in [0.1, 0.15) is 66.0 Å². The largest absolute Gasteiger partial charge is 0.346 e. The van der Waals surface area contributed by atoms with Crippen LogP contribution in [0.5, 0.6) is 0 Å². The Morgan fingerprint density at radius 3 is 2.59 bits per heavy atom. The Morgan fingerprint density at radius 2 is 1.93 bits per heavy atom. The molecule has 0 unspecified atom stereocenters. The van der Waals surface area contributed by atoms with Crippen LogP contribution in [-0.2, 0) is 13.0 Å². The van der Waals surface area contributed by atoms with Crippen LogP contribution in [-0.4, -0.2) is 26.9 Å². The van der Waals surface area contributed by atoms with Gasteiger partial charge in [0.05, 0.1) is 5.69 Å². The lowest BCUT2D eigenvalue weighted by molar-refractivity contribution is 0.0913. The van der Waals surface area contributed by atoms with Gasteiger partial charge in [0.25, 0.3) is 11.8 Å². The number of aryl methyl sites for hydroxylation is 1. The number of anilines is 1. The van der Waals surface area contributed by atoms with Crippen molar-refractivity contribution in [1.29, 1.82) is 0 Å². The van der Waals surface area contributed by atoms with E-state index < -0.39 is 0 Å². The molecule has 6 nitrogen and oxygen atoms in total. The van der Waals surface area contributed by atoms with Crippen molar-refractivity contribution in [2.75, 3.05) is 5.32 Å². The van der Waals surface area contributed by atoms with Crippen LogP contribution in [0.2, 0.25) is 5.02 Å². The number of nitrogens with zero attached hydrogens (tertiary/aromatic N) is 2. The van der Waals surface area contributed by atoms with E-state index in [1.165, 1.54) is 0 Å². The molecule has 0 fully saturated rings. The second-order valence-electron chi connectivity index (χ2n) is 7.96. The first kappa shape index (κ1) is 19.4. The highest BCUT2D eigenvalue weighted by molar-refractivity contribution is 6.30. The van der Waals surface area contributed by atoms with Gasteiger partial charge < -0.3 is 15.2 Å². The van der Waals surface area contributed by atoms with Gasteiger partial charge in [-0.2, -0.15) is 0 Å². The van der Waals surface area contributed by atoms with Crippen molar-refractivity contribution < 1.29 is 9.59 Å². The Morgan fingerprint density at radius 1 is 1.19 bits per heavy atom. The molecular formula is C20H25ClN4O2. The van der Waals surface area contributed by atoms with Crippen LogP contribution in [0.25, 0.3) is 0 Å². The number of carbonyl (C=O) groups is 2. The molecule has 1 aromatic carbocycles. The number of benzene rings is 1. The Kier molecular flexibility index (Phi) is 5.29. The number of hydrogen-bond donors (Lipinski definition) is 2. The maximum Gasteiger partial charge on any atom is 0.291 e. The number of carbonyl (C=O) groups excluding carboxylic acids is 2. The van der Waals surface area contributed by atoms with Gasteiger partial charge in [-0.3, -0.25) is 9.59 Å². The predicted octanol–water partition coefficient (Wildman–Crippen LogP) is 3.96. The molecule has 0 radical (unpaired) electrons. The van der Waals surface area contributed by atoms with Crippen molar-refractivity contribution in [2.24, 2.45) is 0 Å². The van der Waals surface area contributed by atoms with Crippen LogP contribution in [0, 0.1) is 6.92 Å². The van der Waals surface area contributed by atoms with Gasteiger partial charge in [0, 0.05) is 22.8 Å². The average Bonchev–Trinajstić information content (AvgIpc) is 2.96. The van der Waals surface area contributed by atoms with Crippen LogP contribution >= 0.6 is 11.6 Å². The van der Waals surface area contributed by atoms with E-state index in [1.807, 2.05) is 32.3 Å². The smallest absolute Gasteiger partial charge is 0.291 e. The molecule has 2 N–H and O–H groups in total. The minimum atomic E-state index is -0.370. The van der Waals surface area contributed by atoms with Crippen LogP contribution in [0.4, 0.5) is 5.69 Å². The number of hydrogen-bond acceptors (Lipinski definition) is 3. The van der Waals surface area contributed by atoms with Crippen LogP contribution in [0.15, 0.2) is 18.2 Å².